The minimum absolute atomic E-state index is 0.307. The normalized spacial score (nSPS) is 10.6. The number of rotatable bonds is 5. The second-order valence-electron chi connectivity index (χ2n) is 6.80. The molecule has 0 radical (unpaired) electrons. The highest BCUT2D eigenvalue weighted by atomic mass is 32.1. The van der Waals surface area contributed by atoms with E-state index < -0.39 is 11.8 Å². The van der Waals surface area contributed by atoms with Gasteiger partial charge in [-0.1, -0.05) is 18.2 Å². The number of thiazole rings is 1. The maximum absolute atomic E-state index is 13.4. The molecule has 2 N–H and O–H groups in total. The third-order valence-corrected chi connectivity index (χ3v) is 5.84. The molecule has 29 heavy (non-hydrogen) atoms. The molecule has 0 unspecified atom stereocenters. The molecule has 7 heteroatoms. The largest absolute Gasteiger partial charge is 0.347 e. The Kier molecular flexibility index (Phi) is 6.39. The fourth-order valence-corrected chi connectivity index (χ4v) is 3.84. The monoisotopic (exact) mass is 411 g/mol. The van der Waals surface area contributed by atoms with Crippen LogP contribution < -0.4 is 10.6 Å². The number of carbonyl (C=O) groups excluding carboxylic acids is 2. The molecule has 3 rings (SSSR count). The number of hydrogen-bond donors (Lipinski definition) is 2. The summed E-state index contributed by atoms with van der Waals surface area (Å²) in [6, 6.07) is 11.8. The van der Waals surface area contributed by atoms with Crippen LogP contribution in [0.1, 0.15) is 21.7 Å². The van der Waals surface area contributed by atoms with E-state index in [2.05, 4.69) is 15.6 Å². The number of hydrogen-bond acceptors (Lipinski definition) is 4. The molecule has 150 valence electrons. The molecule has 0 saturated heterocycles. The van der Waals surface area contributed by atoms with Crippen LogP contribution in [0.25, 0.3) is 10.6 Å². The van der Waals surface area contributed by atoms with Crippen molar-refractivity contribution in [2.75, 3.05) is 11.9 Å². The van der Waals surface area contributed by atoms with Gasteiger partial charge in [0, 0.05) is 29.1 Å². The van der Waals surface area contributed by atoms with Crippen molar-refractivity contribution in [3.8, 4) is 10.6 Å². The van der Waals surface area contributed by atoms with Crippen LogP contribution in [-0.2, 0) is 16.0 Å². The zero-order valence-electron chi connectivity index (χ0n) is 16.5. The summed E-state index contributed by atoms with van der Waals surface area (Å²) in [5.41, 5.74) is 4.30. The highest BCUT2D eigenvalue weighted by Gasteiger charge is 2.15. The molecule has 0 saturated carbocycles. The minimum atomic E-state index is -0.699. The fourth-order valence-electron chi connectivity index (χ4n) is 2.78. The van der Waals surface area contributed by atoms with E-state index in [9.17, 15) is 14.0 Å². The third kappa shape index (κ3) is 5.26. The quantitative estimate of drug-likeness (QED) is 0.619. The summed E-state index contributed by atoms with van der Waals surface area (Å²) in [6.07, 6.45) is 0.543. The van der Waals surface area contributed by atoms with Crippen molar-refractivity contribution in [2.45, 2.75) is 27.2 Å². The van der Waals surface area contributed by atoms with Crippen LogP contribution >= 0.6 is 11.3 Å². The average molecular weight is 412 g/mol. The van der Waals surface area contributed by atoms with E-state index in [4.69, 9.17) is 0 Å². The smallest absolute Gasteiger partial charge is 0.313 e. The Morgan fingerprint density at radius 3 is 2.55 bits per heavy atom. The Labute approximate surface area is 173 Å². The number of aromatic nitrogens is 1. The van der Waals surface area contributed by atoms with Crippen molar-refractivity contribution in [3.63, 3.8) is 0 Å². The molecule has 5 nitrogen and oxygen atoms in total. The second kappa shape index (κ2) is 8.96. The molecule has 2 amide bonds. The number of nitrogens with one attached hydrogen (secondary N) is 2. The lowest BCUT2D eigenvalue weighted by molar-refractivity contribution is -0.136. The van der Waals surface area contributed by atoms with Crippen LogP contribution in [0.4, 0.5) is 10.1 Å². The predicted octanol–water partition coefficient (Wildman–Crippen LogP) is 4.17. The number of halogens is 1. The van der Waals surface area contributed by atoms with E-state index in [1.807, 2.05) is 39.0 Å². The van der Waals surface area contributed by atoms with Crippen molar-refractivity contribution in [1.82, 2.24) is 10.3 Å². The van der Waals surface area contributed by atoms with E-state index in [1.165, 1.54) is 23.5 Å². The molecule has 3 aromatic rings. The molecule has 0 aliphatic heterocycles. The van der Waals surface area contributed by atoms with Crippen LogP contribution in [0.15, 0.2) is 42.5 Å². The lowest BCUT2D eigenvalue weighted by Crippen LogP contribution is -2.36. The molecular weight excluding hydrogens is 389 g/mol. The van der Waals surface area contributed by atoms with Crippen LogP contribution in [-0.4, -0.2) is 23.3 Å². The summed E-state index contributed by atoms with van der Waals surface area (Å²) in [6.45, 7) is 6.11. The Morgan fingerprint density at radius 2 is 1.83 bits per heavy atom. The maximum atomic E-state index is 13.4. The first-order valence-electron chi connectivity index (χ1n) is 9.22. The fraction of sp³-hybridized carbons (Fsp3) is 0.227. The van der Waals surface area contributed by atoms with Gasteiger partial charge in [-0.15, -0.1) is 11.3 Å². The number of amides is 2. The number of benzene rings is 2. The molecule has 0 fully saturated rings. The summed E-state index contributed by atoms with van der Waals surface area (Å²) < 4.78 is 13.4. The SMILES string of the molecule is Cc1ccc(NC(=O)C(=O)NCCc2sc(-c3cccc(F)c3)nc2C)cc1C. The van der Waals surface area contributed by atoms with Gasteiger partial charge in [0.15, 0.2) is 0 Å². The van der Waals surface area contributed by atoms with E-state index >= 15 is 0 Å². The van der Waals surface area contributed by atoms with Crippen molar-refractivity contribution >= 4 is 28.8 Å². The van der Waals surface area contributed by atoms with Crippen LogP contribution in [0.2, 0.25) is 0 Å². The van der Waals surface area contributed by atoms with Crippen molar-refractivity contribution < 1.29 is 14.0 Å². The van der Waals surface area contributed by atoms with E-state index in [0.29, 0.717) is 18.7 Å². The molecule has 0 aliphatic carbocycles. The summed E-state index contributed by atoms with van der Waals surface area (Å²) in [7, 11) is 0. The summed E-state index contributed by atoms with van der Waals surface area (Å²) in [4.78, 5) is 29.6. The van der Waals surface area contributed by atoms with Crippen LogP contribution in [0.5, 0.6) is 0 Å². The van der Waals surface area contributed by atoms with Gasteiger partial charge in [0.2, 0.25) is 0 Å². The Bertz CT molecular complexity index is 1060. The number of anilines is 1. The molecule has 0 atom stereocenters. The zero-order chi connectivity index (χ0) is 21.0. The van der Waals surface area contributed by atoms with Crippen molar-refractivity contribution in [1.29, 1.82) is 0 Å². The first-order chi connectivity index (χ1) is 13.8. The topological polar surface area (TPSA) is 71.1 Å². The number of aryl methyl sites for hydroxylation is 3. The highest BCUT2D eigenvalue weighted by molar-refractivity contribution is 7.15. The first kappa shape index (κ1) is 20.7. The Morgan fingerprint density at radius 1 is 1.03 bits per heavy atom. The standard InChI is InChI=1S/C22H22FN3O2S/c1-13-7-8-18(11-14(13)2)26-21(28)20(27)24-10-9-19-15(3)25-22(29-19)16-5-4-6-17(23)12-16/h4-8,11-12H,9-10H2,1-3H3,(H,24,27)(H,26,28). The molecule has 0 bridgehead atoms. The van der Waals surface area contributed by atoms with Gasteiger partial charge in [0.1, 0.15) is 10.8 Å². The average Bonchev–Trinajstić information content (AvgIpc) is 3.05. The number of nitrogens with zero attached hydrogens (tertiary/aromatic N) is 1. The lowest BCUT2D eigenvalue weighted by atomic mass is 10.1. The van der Waals surface area contributed by atoms with Crippen molar-refractivity contribution in [3.05, 3.63) is 70.0 Å². The van der Waals surface area contributed by atoms with E-state index in [0.717, 1.165) is 32.3 Å². The first-order valence-corrected chi connectivity index (χ1v) is 10.0. The highest BCUT2D eigenvalue weighted by Crippen LogP contribution is 2.28. The van der Waals surface area contributed by atoms with Crippen LogP contribution in [0.3, 0.4) is 0 Å². The van der Waals surface area contributed by atoms with Gasteiger partial charge in [0.05, 0.1) is 5.69 Å². The molecule has 2 aromatic carbocycles. The summed E-state index contributed by atoms with van der Waals surface area (Å²) in [5.74, 6) is -1.69. The van der Waals surface area contributed by atoms with Crippen LogP contribution in [0, 0.1) is 26.6 Å². The van der Waals surface area contributed by atoms with E-state index in [-0.39, 0.29) is 5.82 Å². The van der Waals surface area contributed by atoms with Crippen molar-refractivity contribution in [2.24, 2.45) is 0 Å². The number of carbonyl (C=O) groups is 2. The zero-order valence-corrected chi connectivity index (χ0v) is 17.3. The summed E-state index contributed by atoms with van der Waals surface area (Å²) >= 11 is 1.46. The van der Waals surface area contributed by atoms with Gasteiger partial charge >= 0.3 is 11.8 Å². The van der Waals surface area contributed by atoms with Gasteiger partial charge in [-0.25, -0.2) is 9.37 Å². The van der Waals surface area contributed by atoms with Gasteiger partial charge in [-0.2, -0.15) is 0 Å². The minimum Gasteiger partial charge on any atom is -0.347 e. The van der Waals surface area contributed by atoms with E-state index in [1.54, 1.807) is 12.1 Å². The molecular formula is C22H22FN3O2S. The molecule has 1 aromatic heterocycles. The molecule has 0 spiro atoms. The molecule has 1 heterocycles. The Hall–Kier alpha value is -3.06. The van der Waals surface area contributed by atoms with Gasteiger partial charge < -0.3 is 10.6 Å². The summed E-state index contributed by atoms with van der Waals surface area (Å²) in [5, 5.41) is 5.97. The lowest BCUT2D eigenvalue weighted by Gasteiger charge is -2.08. The van der Waals surface area contributed by atoms with Gasteiger partial charge in [0.25, 0.3) is 0 Å². The third-order valence-electron chi connectivity index (χ3n) is 4.57. The predicted molar refractivity (Wildman–Crippen MR) is 114 cm³/mol. The maximum Gasteiger partial charge on any atom is 0.313 e. The Balaban J connectivity index is 1.54. The molecule has 0 aliphatic rings. The van der Waals surface area contributed by atoms with Gasteiger partial charge in [-0.3, -0.25) is 9.59 Å². The second-order valence-corrected chi connectivity index (χ2v) is 7.88. The van der Waals surface area contributed by atoms with Gasteiger partial charge in [-0.05, 0) is 56.2 Å².